The summed E-state index contributed by atoms with van der Waals surface area (Å²) < 4.78 is 67.8. The topological polar surface area (TPSA) is 83.1 Å². The number of hydrogen-bond donors (Lipinski definition) is 0. The quantitative estimate of drug-likeness (QED) is 0.152. The summed E-state index contributed by atoms with van der Waals surface area (Å²) in [7, 11) is 0. The van der Waals surface area contributed by atoms with E-state index < -0.39 is 35.2 Å². The van der Waals surface area contributed by atoms with Gasteiger partial charge in [0.1, 0.15) is 29.8 Å². The van der Waals surface area contributed by atoms with Crippen molar-refractivity contribution in [3.8, 4) is 29.0 Å². The molecule has 4 rings (SSSR count). The second-order valence-corrected chi connectivity index (χ2v) is 11.7. The predicted octanol–water partition coefficient (Wildman–Crippen LogP) is 7.44. The first-order valence-electron chi connectivity index (χ1n) is 14.3. The van der Waals surface area contributed by atoms with Crippen LogP contribution in [0.15, 0.2) is 54.6 Å². The molecule has 9 heteroatoms. The van der Waals surface area contributed by atoms with Crippen molar-refractivity contribution in [2.45, 2.75) is 59.3 Å². The highest BCUT2D eigenvalue weighted by Gasteiger charge is 2.40. The van der Waals surface area contributed by atoms with E-state index in [0.717, 1.165) is 31.4 Å². The molecule has 0 saturated heterocycles. The third kappa shape index (κ3) is 6.78. The van der Waals surface area contributed by atoms with E-state index in [0.29, 0.717) is 17.4 Å². The van der Waals surface area contributed by atoms with E-state index >= 15 is 4.39 Å². The predicted molar refractivity (Wildman–Crippen MR) is 158 cm³/mol. The summed E-state index contributed by atoms with van der Waals surface area (Å²) in [5.74, 6) is -0.918. The van der Waals surface area contributed by atoms with Gasteiger partial charge in [0.2, 0.25) is 0 Å². The van der Waals surface area contributed by atoms with Gasteiger partial charge in [0.05, 0.1) is 34.8 Å². The molecule has 228 valence electrons. The Morgan fingerprint density at radius 3 is 2.16 bits per heavy atom. The molecular weight excluding hydrogens is 572 g/mol. The first kappa shape index (κ1) is 32.3. The molecule has 3 aromatic carbocycles. The number of fused-ring (bicyclic) bond motifs is 1. The largest absolute Gasteiger partial charge is 0.462 e. The SMILES string of the molecule is CCCCCOC(=O)c1ccc(OC2=c3c(-c4ccc(C(F)(F)F)cc4)c(C#N)c(C#N)cc3=CC(F)C2C(C)(C)C)cc1. The standard InChI is InChI=1S/C35H32F4N2O3/c1-5-6-7-16-43-33(42)22-10-14-26(15-11-22)44-32-30-23(18-28(36)31(32)34(2,3)4)17-24(19-40)27(20-41)29(30)21-8-12-25(13-9-21)35(37,38)39/h8-15,17-18,28,31H,5-7,16H2,1-4H3. The number of unbranched alkanes of at least 4 members (excludes halogenated alkanes) is 2. The zero-order valence-corrected chi connectivity index (χ0v) is 24.9. The van der Waals surface area contributed by atoms with E-state index in [1.54, 1.807) is 12.1 Å². The van der Waals surface area contributed by atoms with E-state index in [1.807, 2.05) is 39.8 Å². The molecule has 0 bridgehead atoms. The molecule has 2 unspecified atom stereocenters. The Bertz CT molecular complexity index is 1740. The number of ether oxygens (including phenoxy) is 2. The summed E-state index contributed by atoms with van der Waals surface area (Å²) in [6.07, 6.45) is -2.07. The molecule has 0 aliphatic heterocycles. The van der Waals surface area contributed by atoms with Gasteiger partial charge in [-0.05, 0) is 71.2 Å². The van der Waals surface area contributed by atoms with Crippen molar-refractivity contribution in [3.05, 3.63) is 87.3 Å². The molecular formula is C35H32F4N2O3. The molecule has 0 radical (unpaired) electrons. The molecule has 1 aliphatic rings. The van der Waals surface area contributed by atoms with Crippen LogP contribution in [-0.4, -0.2) is 18.7 Å². The molecule has 0 amide bonds. The minimum atomic E-state index is -4.58. The number of rotatable bonds is 8. The first-order chi connectivity index (χ1) is 20.8. The maximum atomic E-state index is 16.0. The van der Waals surface area contributed by atoms with Crippen LogP contribution in [0.4, 0.5) is 17.6 Å². The number of esters is 1. The highest BCUT2D eigenvalue weighted by molar-refractivity contribution is 5.89. The highest BCUT2D eigenvalue weighted by Crippen LogP contribution is 2.40. The Morgan fingerprint density at radius 1 is 0.955 bits per heavy atom. The van der Waals surface area contributed by atoms with Gasteiger partial charge in [-0.25, -0.2) is 9.18 Å². The third-order valence-corrected chi connectivity index (χ3v) is 7.51. The molecule has 44 heavy (non-hydrogen) atoms. The monoisotopic (exact) mass is 604 g/mol. The number of benzene rings is 3. The van der Waals surface area contributed by atoms with Crippen LogP contribution in [0.1, 0.15) is 74.0 Å². The Balaban J connectivity index is 1.94. The Hall–Kier alpha value is -4.63. The minimum Gasteiger partial charge on any atom is -0.462 e. The molecule has 0 spiro atoms. The Morgan fingerprint density at radius 2 is 1.61 bits per heavy atom. The fraction of sp³-hybridized carbons (Fsp3) is 0.343. The summed E-state index contributed by atoms with van der Waals surface area (Å²) in [5.41, 5.74) is -0.964. The molecule has 5 nitrogen and oxygen atoms in total. The summed E-state index contributed by atoms with van der Waals surface area (Å²) >= 11 is 0. The lowest BCUT2D eigenvalue weighted by molar-refractivity contribution is -0.137. The average Bonchev–Trinajstić information content (AvgIpc) is 2.97. The van der Waals surface area contributed by atoms with Gasteiger partial charge < -0.3 is 9.47 Å². The van der Waals surface area contributed by atoms with Crippen molar-refractivity contribution in [1.29, 1.82) is 10.5 Å². The molecule has 3 aromatic rings. The third-order valence-electron chi connectivity index (χ3n) is 7.51. The van der Waals surface area contributed by atoms with Crippen molar-refractivity contribution >= 4 is 17.8 Å². The van der Waals surface area contributed by atoms with Crippen molar-refractivity contribution in [3.63, 3.8) is 0 Å². The van der Waals surface area contributed by atoms with Gasteiger partial charge in [-0.1, -0.05) is 52.7 Å². The molecule has 0 heterocycles. The van der Waals surface area contributed by atoms with Crippen molar-refractivity contribution in [1.82, 2.24) is 0 Å². The summed E-state index contributed by atoms with van der Waals surface area (Å²) in [5, 5.41) is 20.6. The van der Waals surface area contributed by atoms with Gasteiger partial charge in [-0.15, -0.1) is 0 Å². The molecule has 0 saturated carbocycles. The van der Waals surface area contributed by atoms with Crippen LogP contribution in [0.25, 0.3) is 23.0 Å². The summed E-state index contributed by atoms with van der Waals surface area (Å²) in [4.78, 5) is 12.5. The molecule has 1 aliphatic carbocycles. The van der Waals surface area contributed by atoms with Crippen LogP contribution in [0.2, 0.25) is 0 Å². The van der Waals surface area contributed by atoms with Crippen molar-refractivity contribution < 1.29 is 31.8 Å². The van der Waals surface area contributed by atoms with E-state index in [4.69, 9.17) is 9.47 Å². The lowest BCUT2D eigenvalue weighted by atomic mass is 9.73. The smallest absolute Gasteiger partial charge is 0.416 e. The molecule has 0 aromatic heterocycles. The van der Waals surface area contributed by atoms with Gasteiger partial charge in [-0.3, -0.25) is 0 Å². The van der Waals surface area contributed by atoms with Crippen molar-refractivity contribution in [2.24, 2.45) is 11.3 Å². The van der Waals surface area contributed by atoms with Gasteiger partial charge in [0.15, 0.2) is 0 Å². The first-order valence-corrected chi connectivity index (χ1v) is 14.3. The number of hydrogen-bond acceptors (Lipinski definition) is 5. The van der Waals surface area contributed by atoms with E-state index in [9.17, 15) is 28.5 Å². The summed E-state index contributed by atoms with van der Waals surface area (Å²) in [6.45, 7) is 7.84. The number of carbonyl (C=O) groups excluding carboxylic acids is 1. The number of alkyl halides is 4. The maximum Gasteiger partial charge on any atom is 0.416 e. The number of carbonyl (C=O) groups is 1. The lowest BCUT2D eigenvalue weighted by Gasteiger charge is -2.36. The maximum absolute atomic E-state index is 16.0. The Kier molecular flexibility index (Phi) is 9.49. The van der Waals surface area contributed by atoms with Gasteiger partial charge in [-0.2, -0.15) is 23.7 Å². The van der Waals surface area contributed by atoms with E-state index in [-0.39, 0.29) is 39.0 Å². The van der Waals surface area contributed by atoms with Crippen LogP contribution in [0.5, 0.6) is 5.75 Å². The van der Waals surface area contributed by atoms with E-state index in [2.05, 4.69) is 0 Å². The number of nitrogens with zero attached hydrogens (tertiary/aromatic N) is 2. The zero-order chi connectivity index (χ0) is 32.2. The van der Waals surface area contributed by atoms with Crippen LogP contribution in [-0.2, 0) is 10.9 Å². The average molecular weight is 605 g/mol. The minimum absolute atomic E-state index is 0.0417. The van der Waals surface area contributed by atoms with Crippen LogP contribution in [0, 0.1) is 34.0 Å². The van der Waals surface area contributed by atoms with Gasteiger partial charge >= 0.3 is 12.1 Å². The van der Waals surface area contributed by atoms with Crippen molar-refractivity contribution in [2.75, 3.05) is 6.61 Å². The number of halogens is 4. The normalized spacial score (nSPS) is 16.3. The van der Waals surface area contributed by atoms with Crippen LogP contribution in [0.3, 0.4) is 0 Å². The van der Waals surface area contributed by atoms with Gasteiger partial charge in [0.25, 0.3) is 0 Å². The molecule has 2 atom stereocenters. The number of nitriles is 2. The summed E-state index contributed by atoms with van der Waals surface area (Å²) in [6, 6.07) is 15.8. The second kappa shape index (κ2) is 12.9. The fourth-order valence-corrected chi connectivity index (χ4v) is 5.36. The fourth-order valence-electron chi connectivity index (χ4n) is 5.36. The zero-order valence-electron chi connectivity index (χ0n) is 24.9. The van der Waals surface area contributed by atoms with Crippen LogP contribution >= 0.6 is 0 Å². The van der Waals surface area contributed by atoms with Crippen LogP contribution < -0.4 is 15.2 Å². The van der Waals surface area contributed by atoms with E-state index in [1.165, 1.54) is 36.4 Å². The second-order valence-electron chi connectivity index (χ2n) is 11.7. The lowest BCUT2D eigenvalue weighted by Crippen LogP contribution is -2.45. The van der Waals surface area contributed by atoms with Gasteiger partial charge in [0, 0.05) is 10.8 Å². The highest BCUT2D eigenvalue weighted by atomic mass is 19.4. The molecule has 0 N–H and O–H groups in total. The Labute approximate surface area is 253 Å². The molecule has 0 fully saturated rings.